The molecule has 1 aromatic rings. The van der Waals surface area contributed by atoms with E-state index in [1.807, 2.05) is 38.1 Å². The van der Waals surface area contributed by atoms with Gasteiger partial charge < -0.3 is 9.47 Å². The van der Waals surface area contributed by atoms with Crippen LogP contribution in [0.2, 0.25) is 5.02 Å². The minimum atomic E-state index is -0.582. The third kappa shape index (κ3) is 2.27. The van der Waals surface area contributed by atoms with E-state index in [0.29, 0.717) is 5.02 Å². The molecule has 1 saturated heterocycles. The molecule has 1 aromatic carbocycles. The van der Waals surface area contributed by atoms with E-state index in [1.165, 1.54) is 0 Å². The largest absolute Gasteiger partial charge is 0.338 e. The SMILES string of the molecule is C#CC1OC(CC)(CC)OC1c1ccccc1Cl. The molecule has 96 valence electrons. The van der Waals surface area contributed by atoms with Gasteiger partial charge in [-0.3, -0.25) is 0 Å². The lowest BCUT2D eigenvalue weighted by Crippen LogP contribution is -2.28. The highest BCUT2D eigenvalue weighted by molar-refractivity contribution is 6.31. The summed E-state index contributed by atoms with van der Waals surface area (Å²) in [5.41, 5.74) is 0.894. The maximum Gasteiger partial charge on any atom is 0.170 e. The first kappa shape index (κ1) is 13.4. The van der Waals surface area contributed by atoms with E-state index >= 15 is 0 Å². The molecule has 2 unspecified atom stereocenters. The standard InChI is InChI=1S/C15H17ClO2/c1-4-13-14(11-9-7-8-10-12(11)16)18-15(5-2,6-3)17-13/h1,7-10,13-14H,5-6H2,2-3H3. The first-order chi connectivity index (χ1) is 8.65. The van der Waals surface area contributed by atoms with Crippen molar-refractivity contribution in [2.75, 3.05) is 0 Å². The number of ether oxygens (including phenoxy) is 2. The van der Waals surface area contributed by atoms with Crippen LogP contribution in [0.25, 0.3) is 0 Å². The Morgan fingerprint density at radius 1 is 1.28 bits per heavy atom. The van der Waals surface area contributed by atoms with Crippen LogP contribution in [0.5, 0.6) is 0 Å². The smallest absolute Gasteiger partial charge is 0.170 e. The fraction of sp³-hybridized carbons (Fsp3) is 0.467. The lowest BCUT2D eigenvalue weighted by atomic mass is 10.1. The lowest BCUT2D eigenvalue weighted by molar-refractivity contribution is -0.176. The second kappa shape index (κ2) is 5.32. The fourth-order valence-corrected chi connectivity index (χ4v) is 2.49. The Labute approximate surface area is 113 Å². The Balaban J connectivity index is 2.34. The third-order valence-corrected chi connectivity index (χ3v) is 3.76. The van der Waals surface area contributed by atoms with Crippen molar-refractivity contribution < 1.29 is 9.47 Å². The first-order valence-electron chi connectivity index (χ1n) is 6.22. The molecule has 0 amide bonds. The summed E-state index contributed by atoms with van der Waals surface area (Å²) in [5.74, 6) is 2.07. The quantitative estimate of drug-likeness (QED) is 0.770. The van der Waals surface area contributed by atoms with E-state index in [1.54, 1.807) is 0 Å². The van der Waals surface area contributed by atoms with Crippen LogP contribution in [0, 0.1) is 12.3 Å². The molecule has 0 radical (unpaired) electrons. The summed E-state index contributed by atoms with van der Waals surface area (Å²) >= 11 is 6.20. The summed E-state index contributed by atoms with van der Waals surface area (Å²) in [5, 5.41) is 0.661. The van der Waals surface area contributed by atoms with Crippen LogP contribution >= 0.6 is 11.6 Å². The van der Waals surface area contributed by atoms with Crippen molar-refractivity contribution in [3.63, 3.8) is 0 Å². The maximum atomic E-state index is 6.20. The first-order valence-corrected chi connectivity index (χ1v) is 6.59. The number of benzene rings is 1. The van der Waals surface area contributed by atoms with Crippen LogP contribution in [0.15, 0.2) is 24.3 Å². The molecule has 0 aliphatic carbocycles. The van der Waals surface area contributed by atoms with Crippen LogP contribution in [0.4, 0.5) is 0 Å². The summed E-state index contributed by atoms with van der Waals surface area (Å²) in [6, 6.07) is 7.59. The second-order valence-electron chi connectivity index (χ2n) is 4.38. The van der Waals surface area contributed by atoms with Crippen LogP contribution in [0.3, 0.4) is 0 Å². The molecule has 0 saturated carbocycles. The van der Waals surface area contributed by atoms with Gasteiger partial charge in [0.15, 0.2) is 11.9 Å². The molecule has 2 atom stereocenters. The molecular formula is C15H17ClO2. The number of hydrogen-bond acceptors (Lipinski definition) is 2. The topological polar surface area (TPSA) is 18.5 Å². The molecule has 0 bridgehead atoms. The van der Waals surface area contributed by atoms with E-state index in [4.69, 9.17) is 27.5 Å². The van der Waals surface area contributed by atoms with Crippen LogP contribution in [-0.2, 0) is 9.47 Å². The third-order valence-electron chi connectivity index (χ3n) is 3.41. The molecular weight excluding hydrogens is 248 g/mol. The normalized spacial score (nSPS) is 25.9. The van der Waals surface area contributed by atoms with E-state index in [0.717, 1.165) is 18.4 Å². The van der Waals surface area contributed by atoms with Gasteiger partial charge in [-0.2, -0.15) is 0 Å². The number of halogens is 1. The van der Waals surface area contributed by atoms with Gasteiger partial charge in [0.2, 0.25) is 0 Å². The zero-order chi connectivity index (χ0) is 13.2. The summed E-state index contributed by atoms with van der Waals surface area (Å²) in [4.78, 5) is 0. The van der Waals surface area contributed by atoms with Crippen molar-refractivity contribution in [3.05, 3.63) is 34.9 Å². The Hall–Kier alpha value is -1.01. The fourth-order valence-electron chi connectivity index (χ4n) is 2.25. The van der Waals surface area contributed by atoms with E-state index in [-0.39, 0.29) is 12.2 Å². The molecule has 2 rings (SSSR count). The van der Waals surface area contributed by atoms with Gasteiger partial charge in [-0.1, -0.05) is 49.6 Å². The lowest BCUT2D eigenvalue weighted by Gasteiger charge is -2.24. The zero-order valence-electron chi connectivity index (χ0n) is 10.7. The van der Waals surface area contributed by atoms with Gasteiger partial charge in [0.25, 0.3) is 0 Å². The highest BCUT2D eigenvalue weighted by Gasteiger charge is 2.45. The molecule has 2 nitrogen and oxygen atoms in total. The summed E-state index contributed by atoms with van der Waals surface area (Å²) in [7, 11) is 0. The molecule has 18 heavy (non-hydrogen) atoms. The van der Waals surface area contributed by atoms with Gasteiger partial charge in [0.05, 0.1) is 0 Å². The zero-order valence-corrected chi connectivity index (χ0v) is 11.4. The predicted octanol–water partition coefficient (Wildman–Crippen LogP) is 3.95. The van der Waals surface area contributed by atoms with Crippen LogP contribution in [0.1, 0.15) is 38.4 Å². The minimum absolute atomic E-state index is 0.288. The Morgan fingerprint density at radius 3 is 2.50 bits per heavy atom. The summed E-state index contributed by atoms with van der Waals surface area (Å²) in [6.45, 7) is 4.07. The van der Waals surface area contributed by atoms with Gasteiger partial charge in [-0.05, 0) is 18.9 Å². The number of rotatable bonds is 3. The highest BCUT2D eigenvalue weighted by Crippen LogP contribution is 2.43. The molecule has 1 fully saturated rings. The number of terminal acetylenes is 1. The molecule has 1 aliphatic heterocycles. The van der Waals surface area contributed by atoms with E-state index in [2.05, 4.69) is 5.92 Å². The highest BCUT2D eigenvalue weighted by atomic mass is 35.5. The summed E-state index contributed by atoms with van der Waals surface area (Å²) < 4.78 is 12.0. The maximum absolute atomic E-state index is 6.20. The van der Waals surface area contributed by atoms with Gasteiger partial charge >= 0.3 is 0 Å². The summed E-state index contributed by atoms with van der Waals surface area (Å²) in [6.07, 6.45) is 6.40. The van der Waals surface area contributed by atoms with Crippen LogP contribution in [-0.4, -0.2) is 11.9 Å². The molecule has 0 spiro atoms. The molecule has 0 aromatic heterocycles. The van der Waals surface area contributed by atoms with Crippen molar-refractivity contribution in [2.45, 2.75) is 44.7 Å². The van der Waals surface area contributed by atoms with Crippen LogP contribution < -0.4 is 0 Å². The molecule has 1 heterocycles. The van der Waals surface area contributed by atoms with E-state index < -0.39 is 5.79 Å². The van der Waals surface area contributed by atoms with Gasteiger partial charge in [-0.25, -0.2) is 0 Å². The Bertz CT molecular complexity index is 460. The van der Waals surface area contributed by atoms with Gasteiger partial charge in [0.1, 0.15) is 6.10 Å². The van der Waals surface area contributed by atoms with E-state index in [9.17, 15) is 0 Å². The van der Waals surface area contributed by atoms with Crippen molar-refractivity contribution in [1.29, 1.82) is 0 Å². The van der Waals surface area contributed by atoms with Crippen molar-refractivity contribution in [3.8, 4) is 12.3 Å². The average Bonchev–Trinajstić information content (AvgIpc) is 2.79. The minimum Gasteiger partial charge on any atom is -0.338 e. The van der Waals surface area contributed by atoms with Crippen molar-refractivity contribution in [1.82, 2.24) is 0 Å². The van der Waals surface area contributed by atoms with Gasteiger partial charge in [0, 0.05) is 10.6 Å². The monoisotopic (exact) mass is 264 g/mol. The molecule has 0 N–H and O–H groups in total. The average molecular weight is 265 g/mol. The second-order valence-corrected chi connectivity index (χ2v) is 4.79. The van der Waals surface area contributed by atoms with Crippen molar-refractivity contribution >= 4 is 11.6 Å². The molecule has 1 aliphatic rings. The predicted molar refractivity (Wildman–Crippen MR) is 72.3 cm³/mol. The Morgan fingerprint density at radius 2 is 1.94 bits per heavy atom. The van der Waals surface area contributed by atoms with Crippen molar-refractivity contribution in [2.24, 2.45) is 0 Å². The van der Waals surface area contributed by atoms with Gasteiger partial charge in [-0.15, -0.1) is 6.42 Å². The Kier molecular flexibility index (Phi) is 3.97. The number of hydrogen-bond donors (Lipinski definition) is 0. The molecule has 3 heteroatoms.